The molecule has 2 heterocycles. The third kappa shape index (κ3) is 8.59. The summed E-state index contributed by atoms with van der Waals surface area (Å²) in [4.78, 5) is 13.7. The molecular formula is C8H16N10O6S. The summed E-state index contributed by atoms with van der Waals surface area (Å²) in [6.45, 7) is 0. The van der Waals surface area contributed by atoms with E-state index in [9.17, 15) is 0 Å². The number of hydrogen-bond acceptors (Lipinski definition) is 14. The Hall–Kier alpha value is -3.57. The summed E-state index contributed by atoms with van der Waals surface area (Å²) in [6.07, 6.45) is 0. The zero-order valence-corrected chi connectivity index (χ0v) is 13.1. The highest BCUT2D eigenvalue weighted by Gasteiger charge is 2.05. The van der Waals surface area contributed by atoms with Gasteiger partial charge in [0.1, 0.15) is 11.4 Å². The van der Waals surface area contributed by atoms with E-state index in [0.717, 1.165) is 0 Å². The Bertz CT molecular complexity index is 734. The molecule has 0 unspecified atom stereocenters. The van der Waals surface area contributed by atoms with Crippen LogP contribution in [-0.2, 0) is 10.4 Å². The number of anilines is 6. The molecule has 0 aliphatic carbocycles. The van der Waals surface area contributed by atoms with Gasteiger partial charge in [0.2, 0.25) is 23.7 Å². The average molecular weight is 380 g/mol. The SMILES string of the molecule is Nc1nc(N)c(N)c(O)n1.Nc1nc(N)c(N)c(O)n1.O=S(=O)(O)O. The van der Waals surface area contributed by atoms with Gasteiger partial charge in [-0.15, -0.1) is 0 Å². The first kappa shape index (κ1) is 21.4. The van der Waals surface area contributed by atoms with Crippen LogP contribution >= 0.6 is 0 Å². The van der Waals surface area contributed by atoms with Crippen LogP contribution in [0, 0.1) is 0 Å². The van der Waals surface area contributed by atoms with Gasteiger partial charge >= 0.3 is 10.4 Å². The number of nitrogen functional groups attached to an aromatic ring is 6. The van der Waals surface area contributed by atoms with Gasteiger partial charge in [-0.2, -0.15) is 28.4 Å². The molecule has 17 heteroatoms. The Kier molecular flexibility index (Phi) is 7.14. The minimum atomic E-state index is -4.67. The Morgan fingerprint density at radius 3 is 1.08 bits per heavy atom. The van der Waals surface area contributed by atoms with Gasteiger partial charge in [0.15, 0.2) is 11.6 Å². The van der Waals surface area contributed by atoms with Crippen LogP contribution in [0.1, 0.15) is 0 Å². The maximum Gasteiger partial charge on any atom is 0.394 e. The van der Waals surface area contributed by atoms with E-state index in [1.54, 1.807) is 0 Å². The predicted octanol–water partition coefficient (Wildman–Crippen LogP) is -2.80. The number of nitrogens with zero attached hydrogens (tertiary/aromatic N) is 4. The van der Waals surface area contributed by atoms with Gasteiger partial charge in [-0.3, -0.25) is 9.11 Å². The van der Waals surface area contributed by atoms with E-state index < -0.39 is 10.4 Å². The van der Waals surface area contributed by atoms with Crippen molar-refractivity contribution in [1.29, 1.82) is 0 Å². The van der Waals surface area contributed by atoms with Gasteiger partial charge in [0, 0.05) is 0 Å². The van der Waals surface area contributed by atoms with E-state index >= 15 is 0 Å². The second kappa shape index (κ2) is 8.33. The quantitative estimate of drug-likeness (QED) is 0.206. The third-order valence-electron chi connectivity index (χ3n) is 1.94. The number of hydrogen-bond donors (Lipinski definition) is 10. The maximum atomic E-state index is 8.84. The van der Waals surface area contributed by atoms with Crippen molar-refractivity contribution in [3.8, 4) is 11.8 Å². The Morgan fingerprint density at radius 1 is 0.640 bits per heavy atom. The second-order valence-electron chi connectivity index (χ2n) is 3.86. The number of aromatic nitrogens is 4. The summed E-state index contributed by atoms with van der Waals surface area (Å²) in [5.41, 5.74) is 30.9. The molecule has 0 fully saturated rings. The van der Waals surface area contributed by atoms with E-state index in [1.807, 2.05) is 0 Å². The van der Waals surface area contributed by atoms with Crippen molar-refractivity contribution in [3.05, 3.63) is 0 Å². The molecule has 0 atom stereocenters. The zero-order valence-electron chi connectivity index (χ0n) is 12.3. The van der Waals surface area contributed by atoms with E-state index in [0.29, 0.717) is 0 Å². The molecule has 0 aliphatic rings. The van der Waals surface area contributed by atoms with Crippen LogP contribution in [0.4, 0.5) is 34.9 Å². The van der Waals surface area contributed by atoms with Crippen molar-refractivity contribution in [1.82, 2.24) is 19.9 Å². The van der Waals surface area contributed by atoms with E-state index in [4.69, 9.17) is 62.1 Å². The summed E-state index contributed by atoms with van der Waals surface area (Å²) < 4.78 is 31.6. The lowest BCUT2D eigenvalue weighted by Gasteiger charge is -2.00. The van der Waals surface area contributed by atoms with Crippen LogP contribution < -0.4 is 34.4 Å². The fourth-order valence-corrected chi connectivity index (χ4v) is 0.984. The van der Waals surface area contributed by atoms with Crippen LogP contribution in [0.2, 0.25) is 0 Å². The normalized spacial score (nSPS) is 10.0. The fraction of sp³-hybridized carbons (Fsp3) is 0. The molecule has 0 amide bonds. The van der Waals surface area contributed by atoms with Gasteiger partial charge < -0.3 is 44.6 Å². The molecule has 16 nitrogen and oxygen atoms in total. The third-order valence-corrected chi connectivity index (χ3v) is 1.94. The van der Waals surface area contributed by atoms with Crippen molar-refractivity contribution >= 4 is 45.3 Å². The molecular weight excluding hydrogens is 364 g/mol. The van der Waals surface area contributed by atoms with Gasteiger partial charge in [-0.25, -0.2) is 0 Å². The smallest absolute Gasteiger partial charge is 0.394 e. The molecule has 0 aromatic carbocycles. The molecule has 0 spiro atoms. The molecule has 140 valence electrons. The van der Waals surface area contributed by atoms with Crippen LogP contribution in [0.3, 0.4) is 0 Å². The topological polar surface area (TPSA) is 323 Å². The van der Waals surface area contributed by atoms with E-state index in [2.05, 4.69) is 19.9 Å². The molecule has 0 saturated carbocycles. The number of nitrogens with two attached hydrogens (primary N) is 6. The van der Waals surface area contributed by atoms with Gasteiger partial charge in [-0.1, -0.05) is 0 Å². The molecule has 2 aromatic heterocycles. The van der Waals surface area contributed by atoms with E-state index in [-0.39, 0.29) is 46.7 Å². The largest absolute Gasteiger partial charge is 0.492 e. The van der Waals surface area contributed by atoms with Crippen LogP contribution in [0.5, 0.6) is 11.8 Å². The lowest BCUT2D eigenvalue weighted by atomic mass is 10.5. The van der Waals surface area contributed by atoms with Crippen molar-refractivity contribution < 1.29 is 27.7 Å². The van der Waals surface area contributed by atoms with Crippen molar-refractivity contribution in [3.63, 3.8) is 0 Å². The Labute approximate surface area is 140 Å². The summed E-state index contributed by atoms with van der Waals surface area (Å²) in [6, 6.07) is 0. The standard InChI is InChI=1S/2C4H7N5O.H2O4S/c2*5-1-2(6)8-4(7)9-3(1)10;1-5(2,3)4/h2*5H2,(H5,6,7,8,9,10);(H2,1,2,3,4). The highest BCUT2D eigenvalue weighted by Crippen LogP contribution is 2.22. The highest BCUT2D eigenvalue weighted by atomic mass is 32.3. The second-order valence-corrected chi connectivity index (χ2v) is 4.75. The Balaban J connectivity index is 0.000000368. The van der Waals surface area contributed by atoms with Crippen LogP contribution in [0.25, 0.3) is 0 Å². The molecule has 0 radical (unpaired) electrons. The minimum absolute atomic E-state index is 0.00926. The zero-order chi connectivity index (χ0) is 19.9. The van der Waals surface area contributed by atoms with Gasteiger partial charge in [0.25, 0.3) is 0 Å². The molecule has 0 bridgehead atoms. The lowest BCUT2D eigenvalue weighted by Crippen LogP contribution is -2.03. The molecule has 0 saturated heterocycles. The first-order chi connectivity index (χ1) is 11.2. The molecule has 2 rings (SSSR count). The number of aromatic hydroxyl groups is 2. The fourth-order valence-electron chi connectivity index (χ4n) is 0.984. The van der Waals surface area contributed by atoms with E-state index in [1.165, 1.54) is 0 Å². The van der Waals surface area contributed by atoms with Crippen molar-refractivity contribution in [2.75, 3.05) is 34.4 Å². The molecule has 2 aromatic rings. The lowest BCUT2D eigenvalue weighted by molar-refractivity contribution is 0.381. The molecule has 25 heavy (non-hydrogen) atoms. The summed E-state index contributed by atoms with van der Waals surface area (Å²) >= 11 is 0. The molecule has 16 N–H and O–H groups in total. The van der Waals surface area contributed by atoms with Crippen LogP contribution in [0.15, 0.2) is 0 Å². The average Bonchev–Trinajstić information content (AvgIpc) is 2.40. The first-order valence-corrected chi connectivity index (χ1v) is 7.06. The van der Waals surface area contributed by atoms with Crippen molar-refractivity contribution in [2.45, 2.75) is 0 Å². The molecule has 0 aliphatic heterocycles. The highest BCUT2D eigenvalue weighted by molar-refractivity contribution is 7.79. The summed E-state index contributed by atoms with van der Waals surface area (Å²) in [7, 11) is -4.67. The summed E-state index contributed by atoms with van der Waals surface area (Å²) in [5, 5.41) is 17.7. The van der Waals surface area contributed by atoms with Crippen molar-refractivity contribution in [2.24, 2.45) is 0 Å². The predicted molar refractivity (Wildman–Crippen MR) is 88.0 cm³/mol. The maximum absolute atomic E-state index is 8.84. The monoisotopic (exact) mass is 380 g/mol. The van der Waals surface area contributed by atoms with Gasteiger partial charge in [-0.05, 0) is 0 Å². The van der Waals surface area contributed by atoms with Gasteiger partial charge in [0.05, 0.1) is 0 Å². The first-order valence-electron chi connectivity index (χ1n) is 5.67. The minimum Gasteiger partial charge on any atom is -0.492 e. The summed E-state index contributed by atoms with van der Waals surface area (Å²) in [5.74, 6) is -0.974. The Morgan fingerprint density at radius 2 is 0.880 bits per heavy atom. The van der Waals surface area contributed by atoms with Crippen LogP contribution in [-0.4, -0.2) is 47.7 Å². The number of rotatable bonds is 0.